The number of carbonyl (C=O) groups is 2. The van der Waals surface area contributed by atoms with Gasteiger partial charge in [-0.15, -0.1) is 0 Å². The topological polar surface area (TPSA) is 55.4 Å². The molecule has 1 fully saturated rings. The van der Waals surface area contributed by atoms with E-state index in [0.717, 1.165) is 5.56 Å². The number of amides is 1. The molecule has 1 aromatic rings. The van der Waals surface area contributed by atoms with Crippen molar-refractivity contribution in [2.45, 2.75) is 32.8 Å². The fraction of sp³-hybridized carbons (Fsp3) is 0.467. The Bertz CT molecular complexity index is 490. The number of rotatable bonds is 3. The first-order valence-electron chi connectivity index (χ1n) is 6.39. The van der Waals surface area contributed by atoms with Crippen molar-refractivity contribution in [1.82, 2.24) is 5.32 Å². The minimum Gasteiger partial charge on any atom is -0.446 e. The molecule has 0 saturated carbocycles. The van der Waals surface area contributed by atoms with Gasteiger partial charge in [0.1, 0.15) is 0 Å². The van der Waals surface area contributed by atoms with E-state index in [9.17, 15) is 9.59 Å². The summed E-state index contributed by atoms with van der Waals surface area (Å²) in [5.41, 5.74) is -0.558. The molecule has 0 aliphatic carbocycles. The number of carbonyl (C=O) groups excluding carboxylic acids is 2. The molecule has 4 heteroatoms. The Morgan fingerprint density at radius 3 is 2.37 bits per heavy atom. The Morgan fingerprint density at radius 2 is 1.95 bits per heavy atom. The molecule has 1 aliphatic heterocycles. The van der Waals surface area contributed by atoms with E-state index in [0.29, 0.717) is 6.54 Å². The van der Waals surface area contributed by atoms with Gasteiger partial charge < -0.3 is 10.1 Å². The smallest absolute Gasteiger partial charge is 0.311 e. The summed E-state index contributed by atoms with van der Waals surface area (Å²) in [6.45, 7) is 6.10. The number of benzene rings is 1. The molecular weight excluding hydrogens is 242 g/mol. The zero-order chi connectivity index (χ0) is 14.1. The number of β-lactam (4-membered cyclic amide) rings is 1. The third kappa shape index (κ3) is 2.48. The van der Waals surface area contributed by atoms with Crippen LogP contribution in [0.2, 0.25) is 0 Å². The quantitative estimate of drug-likeness (QED) is 0.665. The summed E-state index contributed by atoms with van der Waals surface area (Å²) < 4.78 is 5.50. The van der Waals surface area contributed by atoms with Crippen LogP contribution in [0.5, 0.6) is 0 Å². The normalized spacial score (nSPS) is 22.4. The highest BCUT2D eigenvalue weighted by atomic mass is 16.6. The van der Waals surface area contributed by atoms with Crippen LogP contribution in [0.15, 0.2) is 30.3 Å². The molecule has 0 aromatic heterocycles. The summed E-state index contributed by atoms with van der Waals surface area (Å²) in [5.74, 6) is -0.572. The molecule has 1 unspecified atom stereocenters. The monoisotopic (exact) mass is 261 g/mol. The van der Waals surface area contributed by atoms with Crippen LogP contribution in [0.1, 0.15) is 26.3 Å². The Hall–Kier alpha value is -1.84. The van der Waals surface area contributed by atoms with Gasteiger partial charge in [-0.25, -0.2) is 0 Å². The SMILES string of the molecule is CC(C)(C)C1(OC(=O)Cc2ccccc2)CNC1=O. The molecule has 1 atom stereocenters. The van der Waals surface area contributed by atoms with E-state index in [2.05, 4.69) is 5.32 Å². The minimum atomic E-state index is -1.03. The average molecular weight is 261 g/mol. The van der Waals surface area contributed by atoms with Crippen molar-refractivity contribution in [2.75, 3.05) is 6.54 Å². The van der Waals surface area contributed by atoms with Gasteiger partial charge in [-0.05, 0) is 5.56 Å². The molecule has 1 N–H and O–H groups in total. The molecule has 0 radical (unpaired) electrons. The maximum atomic E-state index is 12.0. The van der Waals surface area contributed by atoms with E-state index in [1.807, 2.05) is 51.1 Å². The first kappa shape index (κ1) is 13.6. The summed E-state index contributed by atoms with van der Waals surface area (Å²) in [6, 6.07) is 9.37. The van der Waals surface area contributed by atoms with Crippen molar-refractivity contribution in [3.63, 3.8) is 0 Å². The largest absolute Gasteiger partial charge is 0.446 e. The summed E-state index contributed by atoms with van der Waals surface area (Å²) >= 11 is 0. The molecule has 1 aromatic carbocycles. The molecule has 0 bridgehead atoms. The van der Waals surface area contributed by atoms with Crippen LogP contribution in [0, 0.1) is 5.41 Å². The first-order valence-corrected chi connectivity index (χ1v) is 6.39. The van der Waals surface area contributed by atoms with E-state index in [1.165, 1.54) is 0 Å². The maximum Gasteiger partial charge on any atom is 0.311 e. The zero-order valence-electron chi connectivity index (χ0n) is 11.5. The number of hydrogen-bond donors (Lipinski definition) is 1. The Labute approximate surface area is 113 Å². The summed E-state index contributed by atoms with van der Waals surface area (Å²) in [4.78, 5) is 23.8. The van der Waals surface area contributed by atoms with Crippen LogP contribution in [-0.2, 0) is 20.7 Å². The van der Waals surface area contributed by atoms with E-state index >= 15 is 0 Å². The van der Waals surface area contributed by atoms with Crippen LogP contribution in [-0.4, -0.2) is 24.0 Å². The molecule has 1 amide bonds. The van der Waals surface area contributed by atoms with Gasteiger partial charge in [0, 0.05) is 5.41 Å². The van der Waals surface area contributed by atoms with Crippen LogP contribution < -0.4 is 5.32 Å². The molecule has 0 spiro atoms. The molecule has 1 aliphatic rings. The third-order valence-corrected chi connectivity index (χ3v) is 3.56. The Balaban J connectivity index is 2.07. The summed E-state index contributed by atoms with van der Waals surface area (Å²) in [7, 11) is 0. The summed E-state index contributed by atoms with van der Waals surface area (Å²) in [5, 5.41) is 2.66. The van der Waals surface area contributed by atoms with Crippen molar-refractivity contribution < 1.29 is 14.3 Å². The third-order valence-electron chi connectivity index (χ3n) is 3.56. The predicted octanol–water partition coefficient (Wildman–Crippen LogP) is 1.69. The standard InChI is InChI=1S/C15H19NO3/c1-14(2,3)15(10-16-13(15)18)19-12(17)9-11-7-5-4-6-8-11/h4-8H,9-10H2,1-3H3,(H,16,18). The lowest BCUT2D eigenvalue weighted by Gasteiger charge is -2.48. The van der Waals surface area contributed by atoms with Crippen LogP contribution in [0.25, 0.3) is 0 Å². The zero-order valence-corrected chi connectivity index (χ0v) is 11.5. The van der Waals surface area contributed by atoms with Crippen molar-refractivity contribution in [2.24, 2.45) is 5.41 Å². The number of ether oxygens (including phenoxy) is 1. The fourth-order valence-corrected chi connectivity index (χ4v) is 2.16. The minimum absolute atomic E-state index is 0.186. The van der Waals surface area contributed by atoms with Gasteiger partial charge in [-0.1, -0.05) is 51.1 Å². The van der Waals surface area contributed by atoms with E-state index in [-0.39, 0.29) is 18.3 Å². The molecule has 4 nitrogen and oxygen atoms in total. The maximum absolute atomic E-state index is 12.0. The van der Waals surface area contributed by atoms with Crippen molar-refractivity contribution in [1.29, 1.82) is 0 Å². The van der Waals surface area contributed by atoms with Crippen LogP contribution >= 0.6 is 0 Å². The number of nitrogens with one attached hydrogen (secondary N) is 1. The molecule has 19 heavy (non-hydrogen) atoms. The predicted molar refractivity (Wildman–Crippen MR) is 71.4 cm³/mol. The second-order valence-electron chi connectivity index (χ2n) is 5.90. The van der Waals surface area contributed by atoms with Gasteiger partial charge in [-0.3, -0.25) is 9.59 Å². The Morgan fingerprint density at radius 1 is 1.32 bits per heavy atom. The molecule has 1 saturated heterocycles. The molecule has 1 heterocycles. The van der Waals surface area contributed by atoms with E-state index in [1.54, 1.807) is 0 Å². The molecule has 102 valence electrons. The lowest BCUT2D eigenvalue weighted by atomic mass is 9.71. The summed E-state index contributed by atoms with van der Waals surface area (Å²) in [6.07, 6.45) is 0.186. The van der Waals surface area contributed by atoms with E-state index in [4.69, 9.17) is 4.74 Å². The Kier molecular flexibility index (Phi) is 3.35. The lowest BCUT2D eigenvalue weighted by molar-refractivity contribution is -0.192. The van der Waals surface area contributed by atoms with Gasteiger partial charge in [0.2, 0.25) is 5.60 Å². The van der Waals surface area contributed by atoms with Crippen molar-refractivity contribution in [3.8, 4) is 0 Å². The van der Waals surface area contributed by atoms with Gasteiger partial charge in [0.15, 0.2) is 0 Å². The van der Waals surface area contributed by atoms with Gasteiger partial charge in [-0.2, -0.15) is 0 Å². The second kappa shape index (κ2) is 4.68. The number of esters is 1. The number of hydrogen-bond acceptors (Lipinski definition) is 3. The van der Waals surface area contributed by atoms with Gasteiger partial charge in [0.05, 0.1) is 13.0 Å². The fourth-order valence-electron chi connectivity index (χ4n) is 2.16. The van der Waals surface area contributed by atoms with Crippen LogP contribution in [0.3, 0.4) is 0 Å². The highest BCUT2D eigenvalue weighted by Gasteiger charge is 2.58. The van der Waals surface area contributed by atoms with Gasteiger partial charge >= 0.3 is 5.97 Å². The second-order valence-corrected chi connectivity index (χ2v) is 5.90. The highest BCUT2D eigenvalue weighted by Crippen LogP contribution is 2.38. The van der Waals surface area contributed by atoms with Crippen LogP contribution in [0.4, 0.5) is 0 Å². The average Bonchev–Trinajstić information content (AvgIpc) is 2.33. The molecular formula is C15H19NO3. The first-order chi connectivity index (χ1) is 8.85. The van der Waals surface area contributed by atoms with Crippen molar-refractivity contribution >= 4 is 11.9 Å². The molecule has 2 rings (SSSR count). The highest BCUT2D eigenvalue weighted by molar-refractivity contribution is 5.94. The lowest BCUT2D eigenvalue weighted by Crippen LogP contribution is -2.72. The van der Waals surface area contributed by atoms with Gasteiger partial charge in [0.25, 0.3) is 5.91 Å². The van der Waals surface area contributed by atoms with Crippen molar-refractivity contribution in [3.05, 3.63) is 35.9 Å². The van der Waals surface area contributed by atoms with E-state index < -0.39 is 11.0 Å².